The van der Waals surface area contributed by atoms with Crippen LogP contribution in [0.15, 0.2) is 18.2 Å². The Kier molecular flexibility index (Phi) is 6.19. The van der Waals surface area contributed by atoms with Crippen LogP contribution in [0.2, 0.25) is 0 Å². The molecule has 1 aliphatic rings. The van der Waals surface area contributed by atoms with Crippen LogP contribution in [-0.2, 0) is 4.74 Å². The van der Waals surface area contributed by atoms with Gasteiger partial charge in [0.2, 0.25) is 0 Å². The summed E-state index contributed by atoms with van der Waals surface area (Å²) in [6.07, 6.45) is 4.91. The Morgan fingerprint density at radius 1 is 1.33 bits per heavy atom. The highest BCUT2D eigenvalue weighted by molar-refractivity contribution is 5.29. The minimum atomic E-state index is -0.139. The van der Waals surface area contributed by atoms with Crippen molar-refractivity contribution in [1.82, 2.24) is 5.32 Å². The average Bonchev–Trinajstić information content (AvgIpc) is 2.43. The Hall–Kier alpha value is -0.930. The summed E-state index contributed by atoms with van der Waals surface area (Å²) < 4.78 is 19.2. The van der Waals surface area contributed by atoms with Crippen LogP contribution in [0.3, 0.4) is 0 Å². The van der Waals surface area contributed by atoms with Gasteiger partial charge in [-0.05, 0) is 75.3 Å². The van der Waals surface area contributed by atoms with Gasteiger partial charge in [-0.25, -0.2) is 4.39 Å². The van der Waals surface area contributed by atoms with Crippen LogP contribution in [-0.4, -0.2) is 19.3 Å². The van der Waals surface area contributed by atoms with Gasteiger partial charge in [0, 0.05) is 12.6 Å². The summed E-state index contributed by atoms with van der Waals surface area (Å²) in [5, 5.41) is 3.59. The molecule has 1 aromatic carbocycles. The van der Waals surface area contributed by atoms with Crippen molar-refractivity contribution in [3.8, 4) is 0 Å². The first-order chi connectivity index (χ1) is 10.1. The van der Waals surface area contributed by atoms with Crippen molar-refractivity contribution in [3.63, 3.8) is 0 Å². The third-order valence-corrected chi connectivity index (χ3v) is 4.42. The molecular weight excluding hydrogens is 265 g/mol. The molecule has 0 aromatic heterocycles. The second-order valence-electron chi connectivity index (χ2n) is 6.16. The molecule has 0 saturated heterocycles. The molecule has 0 amide bonds. The lowest BCUT2D eigenvalue weighted by Gasteiger charge is -2.37. The predicted octanol–water partition coefficient (Wildman–Crippen LogP) is 4.38. The summed E-state index contributed by atoms with van der Waals surface area (Å²) in [7, 11) is 0. The van der Waals surface area contributed by atoms with Crippen LogP contribution in [0.4, 0.5) is 4.39 Å². The molecule has 0 radical (unpaired) electrons. The van der Waals surface area contributed by atoms with Crippen LogP contribution in [0.5, 0.6) is 0 Å². The number of nitrogens with one attached hydrogen (secondary N) is 1. The van der Waals surface area contributed by atoms with Crippen molar-refractivity contribution in [3.05, 3.63) is 35.1 Å². The highest BCUT2D eigenvalue weighted by Gasteiger charge is 2.32. The number of aryl methyl sites for hydroxylation is 1. The molecule has 0 heterocycles. The van der Waals surface area contributed by atoms with E-state index in [1.165, 1.54) is 5.56 Å². The molecule has 1 aliphatic carbocycles. The maximum Gasteiger partial charge on any atom is 0.123 e. The van der Waals surface area contributed by atoms with Crippen LogP contribution in [0.25, 0.3) is 0 Å². The molecule has 2 rings (SSSR count). The number of benzene rings is 1. The van der Waals surface area contributed by atoms with Gasteiger partial charge in [0.1, 0.15) is 5.82 Å². The molecule has 0 bridgehead atoms. The summed E-state index contributed by atoms with van der Waals surface area (Å²) in [5.74, 6) is 0.554. The van der Waals surface area contributed by atoms with Gasteiger partial charge < -0.3 is 10.1 Å². The van der Waals surface area contributed by atoms with E-state index in [0.29, 0.717) is 12.0 Å². The molecule has 2 nitrogen and oxygen atoms in total. The van der Waals surface area contributed by atoms with Gasteiger partial charge in [0.25, 0.3) is 0 Å². The Morgan fingerprint density at radius 2 is 2.10 bits per heavy atom. The molecule has 1 N–H and O–H groups in total. The van der Waals surface area contributed by atoms with E-state index in [4.69, 9.17) is 4.74 Å². The molecule has 0 spiro atoms. The van der Waals surface area contributed by atoms with Crippen molar-refractivity contribution in [2.75, 3.05) is 13.2 Å². The summed E-state index contributed by atoms with van der Waals surface area (Å²) >= 11 is 0. The summed E-state index contributed by atoms with van der Waals surface area (Å²) in [6, 6.07) is 5.38. The fourth-order valence-electron chi connectivity index (χ4n) is 3.20. The lowest BCUT2D eigenvalue weighted by molar-refractivity contribution is -0.0291. The highest BCUT2D eigenvalue weighted by Crippen LogP contribution is 2.37. The summed E-state index contributed by atoms with van der Waals surface area (Å²) in [6.45, 7) is 8.06. The topological polar surface area (TPSA) is 21.3 Å². The molecule has 3 heteroatoms. The van der Waals surface area contributed by atoms with Crippen molar-refractivity contribution in [2.45, 2.75) is 58.6 Å². The number of hydrogen-bond acceptors (Lipinski definition) is 2. The zero-order valence-electron chi connectivity index (χ0n) is 13.5. The predicted molar refractivity (Wildman–Crippen MR) is 84.9 cm³/mol. The van der Waals surface area contributed by atoms with E-state index in [2.05, 4.69) is 26.1 Å². The van der Waals surface area contributed by atoms with Crippen LogP contribution in [0.1, 0.15) is 56.7 Å². The van der Waals surface area contributed by atoms with Crippen LogP contribution < -0.4 is 5.32 Å². The molecule has 1 atom stereocenters. The van der Waals surface area contributed by atoms with E-state index in [1.807, 2.05) is 6.07 Å². The quantitative estimate of drug-likeness (QED) is 0.768. The van der Waals surface area contributed by atoms with Gasteiger partial charge >= 0.3 is 0 Å². The zero-order valence-corrected chi connectivity index (χ0v) is 13.5. The van der Waals surface area contributed by atoms with Gasteiger partial charge in [0.05, 0.1) is 6.10 Å². The van der Waals surface area contributed by atoms with Gasteiger partial charge in [0.15, 0.2) is 0 Å². The van der Waals surface area contributed by atoms with E-state index in [-0.39, 0.29) is 11.9 Å². The standard InChI is InChI=1S/C18H28FNO/c1-4-8-20-18(11-14-9-16(10-14)21-5-2)17-12-15(19)7-6-13(17)3/h6-7,12,14,16,18,20H,4-5,8-11H2,1-3H3. The molecule has 1 fully saturated rings. The van der Waals surface area contributed by atoms with E-state index < -0.39 is 0 Å². The number of rotatable bonds is 8. The third-order valence-electron chi connectivity index (χ3n) is 4.42. The van der Waals surface area contributed by atoms with E-state index in [1.54, 1.807) is 12.1 Å². The van der Waals surface area contributed by atoms with E-state index in [9.17, 15) is 4.39 Å². The fraction of sp³-hybridized carbons (Fsp3) is 0.667. The summed E-state index contributed by atoms with van der Waals surface area (Å²) in [4.78, 5) is 0. The molecule has 1 aromatic rings. The average molecular weight is 293 g/mol. The normalized spacial score (nSPS) is 22.9. The van der Waals surface area contributed by atoms with E-state index >= 15 is 0 Å². The van der Waals surface area contributed by atoms with Gasteiger partial charge in [-0.15, -0.1) is 0 Å². The number of hydrogen-bond donors (Lipinski definition) is 1. The third kappa shape index (κ3) is 4.52. The maximum absolute atomic E-state index is 13.6. The first-order valence-corrected chi connectivity index (χ1v) is 8.25. The van der Waals surface area contributed by atoms with Crippen molar-refractivity contribution in [2.24, 2.45) is 5.92 Å². The van der Waals surface area contributed by atoms with E-state index in [0.717, 1.165) is 44.4 Å². The van der Waals surface area contributed by atoms with Crippen molar-refractivity contribution < 1.29 is 9.13 Å². The van der Waals surface area contributed by atoms with Crippen LogP contribution >= 0.6 is 0 Å². The number of halogens is 1. The molecule has 1 unspecified atom stereocenters. The van der Waals surface area contributed by atoms with Gasteiger partial charge in [-0.2, -0.15) is 0 Å². The van der Waals surface area contributed by atoms with Gasteiger partial charge in [-0.3, -0.25) is 0 Å². The summed E-state index contributed by atoms with van der Waals surface area (Å²) in [5.41, 5.74) is 2.29. The molecule has 21 heavy (non-hydrogen) atoms. The Morgan fingerprint density at radius 3 is 2.76 bits per heavy atom. The number of ether oxygens (including phenoxy) is 1. The monoisotopic (exact) mass is 293 g/mol. The van der Waals surface area contributed by atoms with Gasteiger partial charge in [-0.1, -0.05) is 13.0 Å². The lowest BCUT2D eigenvalue weighted by atomic mass is 9.76. The molecule has 0 aliphatic heterocycles. The minimum absolute atomic E-state index is 0.139. The second-order valence-corrected chi connectivity index (χ2v) is 6.16. The Balaban J connectivity index is 1.99. The zero-order chi connectivity index (χ0) is 15.2. The highest BCUT2D eigenvalue weighted by atomic mass is 19.1. The molecular formula is C18H28FNO. The lowest BCUT2D eigenvalue weighted by Crippen LogP contribution is -2.35. The first-order valence-electron chi connectivity index (χ1n) is 8.25. The van der Waals surface area contributed by atoms with Crippen molar-refractivity contribution >= 4 is 0 Å². The van der Waals surface area contributed by atoms with Crippen LogP contribution in [0, 0.1) is 18.7 Å². The smallest absolute Gasteiger partial charge is 0.123 e. The molecule has 118 valence electrons. The largest absolute Gasteiger partial charge is 0.378 e. The Labute approximate surface area is 128 Å². The SMILES string of the molecule is CCCNC(CC1CC(OCC)C1)c1cc(F)ccc1C. The molecule has 1 saturated carbocycles. The maximum atomic E-state index is 13.6. The first kappa shape index (κ1) is 16.4. The minimum Gasteiger partial charge on any atom is -0.378 e. The fourth-order valence-corrected chi connectivity index (χ4v) is 3.20. The van der Waals surface area contributed by atoms with Crippen molar-refractivity contribution in [1.29, 1.82) is 0 Å². The second kappa shape index (κ2) is 7.90. The Bertz CT molecular complexity index is 443.